The zero-order valence-electron chi connectivity index (χ0n) is 21.6. The quantitative estimate of drug-likeness (QED) is 0.271. The van der Waals surface area contributed by atoms with Gasteiger partial charge in [-0.25, -0.2) is 13.7 Å². The minimum Gasteiger partial charge on any atom is -0.379 e. The Hall–Kier alpha value is -3.68. The van der Waals surface area contributed by atoms with E-state index in [2.05, 4.69) is 21.4 Å². The van der Waals surface area contributed by atoms with Crippen molar-refractivity contribution in [2.75, 3.05) is 45.2 Å². The summed E-state index contributed by atoms with van der Waals surface area (Å²) >= 11 is -2.05. The molecule has 0 spiro atoms. The van der Waals surface area contributed by atoms with Gasteiger partial charge in [-0.2, -0.15) is 9.40 Å². The van der Waals surface area contributed by atoms with Crippen LogP contribution in [-0.4, -0.2) is 82.2 Å². The zero-order valence-corrected chi connectivity index (χ0v) is 22.4. The minimum atomic E-state index is -2.05. The Morgan fingerprint density at radius 2 is 1.92 bits per heavy atom. The Balaban J connectivity index is 1.22. The highest BCUT2D eigenvalue weighted by Gasteiger charge is 2.15. The lowest BCUT2D eigenvalue weighted by Gasteiger charge is -2.26. The van der Waals surface area contributed by atoms with Gasteiger partial charge in [0.2, 0.25) is 17.2 Å². The van der Waals surface area contributed by atoms with Crippen LogP contribution in [0.5, 0.6) is 0 Å². The molecule has 3 aromatic heterocycles. The number of anilines is 2. The summed E-state index contributed by atoms with van der Waals surface area (Å²) < 4.78 is 31.6. The van der Waals surface area contributed by atoms with E-state index in [9.17, 15) is 8.76 Å². The lowest BCUT2D eigenvalue weighted by Crippen LogP contribution is -2.38. The highest BCUT2D eigenvalue weighted by Crippen LogP contribution is 2.27. The van der Waals surface area contributed by atoms with E-state index < -0.39 is 11.3 Å². The number of hydrogen-bond donors (Lipinski definition) is 2. The highest BCUT2D eigenvalue weighted by atomic mass is 32.2. The van der Waals surface area contributed by atoms with Crippen molar-refractivity contribution in [1.29, 1.82) is 0 Å². The average molecular weight is 547 g/mol. The molecule has 202 valence electrons. The van der Waals surface area contributed by atoms with Crippen LogP contribution in [-0.2, 0) is 29.1 Å². The molecule has 4 heterocycles. The van der Waals surface area contributed by atoms with E-state index >= 15 is 0 Å². The number of nitrogens with zero attached hydrogens (tertiary/aromatic N) is 7. The molecule has 5 aromatic rings. The molecule has 2 aromatic carbocycles. The molecule has 0 amide bonds. The van der Waals surface area contributed by atoms with E-state index in [-0.39, 0.29) is 0 Å². The van der Waals surface area contributed by atoms with Crippen molar-refractivity contribution in [1.82, 2.24) is 33.6 Å². The van der Waals surface area contributed by atoms with Gasteiger partial charge in [-0.1, -0.05) is 24.3 Å². The summed E-state index contributed by atoms with van der Waals surface area (Å²) in [6.45, 7) is 5.63. The molecule has 1 unspecified atom stereocenters. The van der Waals surface area contributed by atoms with E-state index in [4.69, 9.17) is 14.9 Å². The summed E-state index contributed by atoms with van der Waals surface area (Å²) in [6, 6.07) is 17.8. The predicted octanol–water partition coefficient (Wildman–Crippen LogP) is 3.39. The van der Waals surface area contributed by atoms with E-state index in [1.807, 2.05) is 63.8 Å². The first kappa shape index (κ1) is 25.6. The SMILES string of the molecule is CN(Cc1ccccc1-c1ccc2cnc(Nc3ccc4cn(CCN5CCOCC5)nc4c3)nn12)S(=O)O. The Bertz CT molecular complexity index is 1630. The van der Waals surface area contributed by atoms with Gasteiger partial charge in [0.25, 0.3) is 0 Å². The Kier molecular flexibility index (Phi) is 7.35. The van der Waals surface area contributed by atoms with Crippen LogP contribution in [0, 0.1) is 0 Å². The lowest BCUT2D eigenvalue weighted by atomic mass is 10.0. The number of fused-ring (bicyclic) bond motifs is 2. The standard InChI is InChI=1S/C27H30N8O3S/c1-32(39(36)37)18-20-4-2-3-5-24(20)26-9-8-23-17-28-27(31-35(23)26)29-22-7-6-21-19-34(30-25(21)16-22)11-10-33-12-14-38-15-13-33/h2-9,16-17,19H,10-15,18H2,1H3,(H,29,31)(H,36,37). The van der Waals surface area contributed by atoms with Gasteiger partial charge in [0.15, 0.2) is 0 Å². The topological polar surface area (TPSA) is 113 Å². The van der Waals surface area contributed by atoms with Crippen LogP contribution in [0.3, 0.4) is 0 Å². The Morgan fingerprint density at radius 1 is 1.08 bits per heavy atom. The van der Waals surface area contributed by atoms with Gasteiger partial charge in [-0.15, -0.1) is 5.10 Å². The summed E-state index contributed by atoms with van der Waals surface area (Å²) in [5, 5.41) is 13.9. The summed E-state index contributed by atoms with van der Waals surface area (Å²) in [5.41, 5.74) is 5.33. The first-order valence-electron chi connectivity index (χ1n) is 12.8. The second-order valence-corrected chi connectivity index (χ2v) is 10.6. The van der Waals surface area contributed by atoms with Crippen LogP contribution in [0.25, 0.3) is 27.7 Å². The monoisotopic (exact) mass is 546 g/mol. The molecule has 1 aliphatic heterocycles. The van der Waals surface area contributed by atoms with Crippen molar-refractivity contribution in [2.45, 2.75) is 13.1 Å². The molecular formula is C27H30N8O3S. The van der Waals surface area contributed by atoms with Gasteiger partial charge in [-0.05, 0) is 35.9 Å². The molecule has 6 rings (SSSR count). The van der Waals surface area contributed by atoms with Crippen molar-refractivity contribution in [3.63, 3.8) is 0 Å². The number of hydrogen-bond acceptors (Lipinski definition) is 7. The molecule has 11 nitrogen and oxygen atoms in total. The Morgan fingerprint density at radius 3 is 2.77 bits per heavy atom. The second kappa shape index (κ2) is 11.2. The van der Waals surface area contributed by atoms with Crippen LogP contribution in [0.1, 0.15) is 5.56 Å². The first-order chi connectivity index (χ1) is 19.0. The number of rotatable bonds is 9. The van der Waals surface area contributed by atoms with Crippen molar-refractivity contribution >= 4 is 39.3 Å². The van der Waals surface area contributed by atoms with Gasteiger partial charge < -0.3 is 10.1 Å². The molecule has 1 fully saturated rings. The molecule has 12 heteroatoms. The maximum absolute atomic E-state index is 11.5. The van der Waals surface area contributed by atoms with E-state index in [0.29, 0.717) is 12.5 Å². The van der Waals surface area contributed by atoms with E-state index in [1.54, 1.807) is 13.2 Å². The van der Waals surface area contributed by atoms with Crippen LogP contribution >= 0.6 is 0 Å². The number of ether oxygens (including phenoxy) is 1. The molecule has 1 atom stereocenters. The number of morpholine rings is 1. The lowest BCUT2D eigenvalue weighted by molar-refractivity contribution is 0.0360. The minimum absolute atomic E-state index is 0.321. The third-order valence-corrected chi connectivity index (χ3v) is 7.57. The second-order valence-electron chi connectivity index (χ2n) is 9.56. The Labute approximate surface area is 228 Å². The van der Waals surface area contributed by atoms with Crippen molar-refractivity contribution < 1.29 is 13.5 Å². The number of aromatic nitrogens is 5. The maximum atomic E-state index is 11.5. The first-order valence-corrected chi connectivity index (χ1v) is 13.9. The van der Waals surface area contributed by atoms with Crippen LogP contribution in [0.15, 0.2) is 67.0 Å². The highest BCUT2D eigenvalue weighted by molar-refractivity contribution is 7.76. The van der Waals surface area contributed by atoms with Gasteiger partial charge in [0, 0.05) is 56.1 Å². The zero-order chi connectivity index (χ0) is 26.8. The smallest absolute Gasteiger partial charge is 0.245 e. The maximum Gasteiger partial charge on any atom is 0.245 e. The van der Waals surface area contributed by atoms with Crippen LogP contribution in [0.4, 0.5) is 11.6 Å². The molecule has 0 bridgehead atoms. The largest absolute Gasteiger partial charge is 0.379 e. The predicted molar refractivity (Wildman–Crippen MR) is 151 cm³/mol. The third-order valence-electron chi connectivity index (χ3n) is 6.91. The van der Waals surface area contributed by atoms with Gasteiger partial charge >= 0.3 is 0 Å². The van der Waals surface area contributed by atoms with E-state index in [0.717, 1.165) is 78.3 Å². The molecular weight excluding hydrogens is 516 g/mol. The summed E-state index contributed by atoms with van der Waals surface area (Å²) in [7, 11) is 1.61. The molecule has 0 radical (unpaired) electrons. The fourth-order valence-electron chi connectivity index (χ4n) is 4.82. The number of nitrogens with one attached hydrogen (secondary N) is 1. The molecule has 2 N–H and O–H groups in total. The van der Waals surface area contributed by atoms with E-state index in [1.165, 1.54) is 4.31 Å². The molecule has 1 saturated heterocycles. The van der Waals surface area contributed by atoms with Gasteiger partial charge in [0.1, 0.15) is 0 Å². The summed E-state index contributed by atoms with van der Waals surface area (Å²) in [6.07, 6.45) is 3.85. The molecule has 0 saturated carbocycles. The third kappa shape index (κ3) is 5.70. The fourth-order valence-corrected chi connectivity index (χ4v) is 5.07. The van der Waals surface area contributed by atoms with Crippen molar-refractivity contribution in [3.8, 4) is 11.3 Å². The average Bonchev–Trinajstić information content (AvgIpc) is 3.56. The number of benzene rings is 2. The van der Waals surface area contributed by atoms with Crippen LogP contribution in [0.2, 0.25) is 0 Å². The normalized spacial score (nSPS) is 15.4. The van der Waals surface area contributed by atoms with Gasteiger partial charge in [-0.3, -0.25) is 14.1 Å². The van der Waals surface area contributed by atoms with Crippen molar-refractivity contribution in [2.24, 2.45) is 0 Å². The van der Waals surface area contributed by atoms with Crippen LogP contribution < -0.4 is 5.32 Å². The molecule has 1 aliphatic rings. The fraction of sp³-hybridized carbons (Fsp3) is 0.296. The molecule has 39 heavy (non-hydrogen) atoms. The van der Waals surface area contributed by atoms with Gasteiger partial charge in [0.05, 0.1) is 42.7 Å². The summed E-state index contributed by atoms with van der Waals surface area (Å²) in [4.78, 5) is 6.90. The summed E-state index contributed by atoms with van der Waals surface area (Å²) in [5.74, 6) is 0.456. The van der Waals surface area contributed by atoms with Crippen molar-refractivity contribution in [3.05, 3.63) is 72.6 Å². The molecule has 0 aliphatic carbocycles.